The lowest BCUT2D eigenvalue weighted by Crippen LogP contribution is -2.38. The van der Waals surface area contributed by atoms with Crippen LogP contribution in [-0.2, 0) is 9.59 Å². The summed E-state index contributed by atoms with van der Waals surface area (Å²) in [7, 11) is 0. The second kappa shape index (κ2) is 8.08. The molecule has 0 bridgehead atoms. The van der Waals surface area contributed by atoms with Gasteiger partial charge < -0.3 is 15.7 Å². The molecule has 0 aliphatic heterocycles. The van der Waals surface area contributed by atoms with Crippen molar-refractivity contribution in [2.75, 3.05) is 13.2 Å². The lowest BCUT2D eigenvalue weighted by Gasteiger charge is -2.20. The van der Waals surface area contributed by atoms with Crippen LogP contribution in [0.25, 0.3) is 0 Å². The van der Waals surface area contributed by atoms with E-state index in [1.165, 1.54) is 6.42 Å². The average Bonchev–Trinajstić information content (AvgIpc) is 2.39. The van der Waals surface area contributed by atoms with E-state index in [0.29, 0.717) is 6.54 Å². The van der Waals surface area contributed by atoms with Crippen molar-refractivity contribution in [2.45, 2.75) is 51.5 Å². The maximum absolute atomic E-state index is 11.8. The van der Waals surface area contributed by atoms with E-state index < -0.39 is 0 Å². The van der Waals surface area contributed by atoms with Crippen LogP contribution in [0.3, 0.4) is 0 Å². The van der Waals surface area contributed by atoms with Crippen LogP contribution in [0.2, 0.25) is 0 Å². The quantitative estimate of drug-likeness (QED) is 0.650. The van der Waals surface area contributed by atoms with Gasteiger partial charge in [0, 0.05) is 24.9 Å². The Hall–Kier alpha value is -1.10. The van der Waals surface area contributed by atoms with E-state index in [-0.39, 0.29) is 36.8 Å². The molecule has 104 valence electrons. The first kappa shape index (κ1) is 15.0. The van der Waals surface area contributed by atoms with Crippen molar-refractivity contribution in [1.29, 1.82) is 0 Å². The fourth-order valence-corrected chi connectivity index (χ4v) is 2.20. The molecule has 0 spiro atoms. The molecule has 1 aliphatic rings. The van der Waals surface area contributed by atoms with Crippen LogP contribution in [0.15, 0.2) is 0 Å². The van der Waals surface area contributed by atoms with E-state index in [2.05, 4.69) is 10.6 Å². The minimum atomic E-state index is -0.230. The third-order valence-corrected chi connectivity index (χ3v) is 3.31. The molecule has 0 saturated heterocycles. The summed E-state index contributed by atoms with van der Waals surface area (Å²) in [6.07, 6.45) is 5.70. The van der Waals surface area contributed by atoms with Gasteiger partial charge in [0.15, 0.2) is 0 Å². The summed E-state index contributed by atoms with van der Waals surface area (Å²) in [6.45, 7) is 2.04. The van der Waals surface area contributed by atoms with E-state index in [1.54, 1.807) is 6.92 Å². The fraction of sp³-hybridized carbons (Fsp3) is 0.846. The fourth-order valence-electron chi connectivity index (χ4n) is 2.20. The van der Waals surface area contributed by atoms with Gasteiger partial charge in [-0.2, -0.15) is 0 Å². The molecule has 0 heterocycles. The van der Waals surface area contributed by atoms with Crippen LogP contribution in [0.1, 0.15) is 45.4 Å². The van der Waals surface area contributed by atoms with Gasteiger partial charge in [0.25, 0.3) is 0 Å². The Balaban J connectivity index is 2.12. The van der Waals surface area contributed by atoms with Gasteiger partial charge in [-0.1, -0.05) is 19.3 Å². The molecule has 1 saturated carbocycles. The summed E-state index contributed by atoms with van der Waals surface area (Å²) in [5.41, 5.74) is 0. The van der Waals surface area contributed by atoms with Gasteiger partial charge in [-0.25, -0.2) is 0 Å². The maximum Gasteiger partial charge on any atom is 0.223 e. The van der Waals surface area contributed by atoms with Crippen molar-refractivity contribution in [3.05, 3.63) is 0 Å². The molecule has 2 amide bonds. The van der Waals surface area contributed by atoms with Crippen LogP contribution < -0.4 is 10.6 Å². The maximum atomic E-state index is 11.8. The third-order valence-electron chi connectivity index (χ3n) is 3.31. The SMILES string of the molecule is CC(CO)NC(=O)CCNC(=O)C1CCCCC1. The molecule has 5 nitrogen and oxygen atoms in total. The van der Waals surface area contributed by atoms with E-state index in [1.807, 2.05) is 0 Å². The number of amides is 2. The molecule has 3 N–H and O–H groups in total. The Morgan fingerprint density at radius 2 is 1.94 bits per heavy atom. The molecular formula is C13H24N2O3. The Kier molecular flexibility index (Phi) is 6.72. The Morgan fingerprint density at radius 3 is 2.56 bits per heavy atom. The van der Waals surface area contributed by atoms with Crippen molar-refractivity contribution in [3.8, 4) is 0 Å². The first-order chi connectivity index (χ1) is 8.63. The van der Waals surface area contributed by atoms with Gasteiger partial charge in [0.2, 0.25) is 11.8 Å². The molecule has 1 aliphatic carbocycles. The van der Waals surface area contributed by atoms with Gasteiger partial charge >= 0.3 is 0 Å². The highest BCUT2D eigenvalue weighted by Gasteiger charge is 2.20. The first-order valence-corrected chi connectivity index (χ1v) is 6.81. The largest absolute Gasteiger partial charge is 0.394 e. The molecular weight excluding hydrogens is 232 g/mol. The minimum absolute atomic E-state index is 0.0693. The van der Waals surface area contributed by atoms with E-state index >= 15 is 0 Å². The monoisotopic (exact) mass is 256 g/mol. The molecule has 0 aromatic heterocycles. The molecule has 0 aromatic rings. The van der Waals surface area contributed by atoms with Crippen LogP contribution in [0.4, 0.5) is 0 Å². The normalized spacial score (nSPS) is 18.1. The molecule has 1 unspecified atom stereocenters. The first-order valence-electron chi connectivity index (χ1n) is 6.81. The Bertz CT molecular complexity index is 275. The summed E-state index contributed by atoms with van der Waals surface area (Å²) in [4.78, 5) is 23.2. The lowest BCUT2D eigenvalue weighted by molar-refractivity contribution is -0.126. The summed E-state index contributed by atoms with van der Waals surface area (Å²) in [5.74, 6) is 0.0800. The van der Waals surface area contributed by atoms with Crippen LogP contribution >= 0.6 is 0 Å². The van der Waals surface area contributed by atoms with Crippen molar-refractivity contribution in [2.24, 2.45) is 5.92 Å². The van der Waals surface area contributed by atoms with Crippen LogP contribution in [-0.4, -0.2) is 36.1 Å². The van der Waals surface area contributed by atoms with Crippen LogP contribution in [0.5, 0.6) is 0 Å². The highest BCUT2D eigenvalue weighted by atomic mass is 16.3. The predicted octanol–water partition coefficient (Wildman–Crippen LogP) is 0.570. The van der Waals surface area contributed by atoms with Crippen molar-refractivity contribution >= 4 is 11.8 Å². The topological polar surface area (TPSA) is 78.4 Å². The zero-order chi connectivity index (χ0) is 13.4. The smallest absolute Gasteiger partial charge is 0.223 e. The number of aliphatic hydroxyl groups excluding tert-OH is 1. The zero-order valence-electron chi connectivity index (χ0n) is 11.1. The second-order valence-corrected chi connectivity index (χ2v) is 5.03. The number of rotatable bonds is 6. The number of carbonyl (C=O) groups excluding carboxylic acids is 2. The van der Waals surface area contributed by atoms with Crippen LogP contribution in [0, 0.1) is 5.92 Å². The third kappa shape index (κ3) is 5.49. The molecule has 5 heteroatoms. The lowest BCUT2D eigenvalue weighted by atomic mass is 9.89. The van der Waals surface area contributed by atoms with E-state index in [9.17, 15) is 9.59 Å². The number of hydrogen-bond acceptors (Lipinski definition) is 3. The number of aliphatic hydroxyl groups is 1. The summed E-state index contributed by atoms with van der Waals surface area (Å²) in [5, 5.41) is 14.2. The summed E-state index contributed by atoms with van der Waals surface area (Å²) in [6, 6.07) is -0.230. The summed E-state index contributed by atoms with van der Waals surface area (Å²) >= 11 is 0. The van der Waals surface area contributed by atoms with Gasteiger partial charge in [-0.05, 0) is 19.8 Å². The molecule has 18 heavy (non-hydrogen) atoms. The molecule has 1 rings (SSSR count). The van der Waals surface area contributed by atoms with E-state index in [4.69, 9.17) is 5.11 Å². The molecule has 1 fully saturated rings. The zero-order valence-corrected chi connectivity index (χ0v) is 11.1. The minimum Gasteiger partial charge on any atom is -0.394 e. The van der Waals surface area contributed by atoms with E-state index in [0.717, 1.165) is 25.7 Å². The van der Waals surface area contributed by atoms with Crippen molar-refractivity contribution in [3.63, 3.8) is 0 Å². The molecule has 1 atom stereocenters. The van der Waals surface area contributed by atoms with Gasteiger partial charge in [0.05, 0.1) is 6.61 Å². The highest BCUT2D eigenvalue weighted by molar-refractivity contribution is 5.80. The number of nitrogens with one attached hydrogen (secondary N) is 2. The second-order valence-electron chi connectivity index (χ2n) is 5.03. The highest BCUT2D eigenvalue weighted by Crippen LogP contribution is 2.23. The van der Waals surface area contributed by atoms with Gasteiger partial charge in [-0.15, -0.1) is 0 Å². The number of carbonyl (C=O) groups is 2. The number of hydrogen-bond donors (Lipinski definition) is 3. The Labute approximate surface area is 108 Å². The van der Waals surface area contributed by atoms with Gasteiger partial charge in [-0.3, -0.25) is 9.59 Å². The standard InChI is InChI=1S/C13H24N2O3/c1-10(9-16)15-12(17)7-8-14-13(18)11-5-3-2-4-6-11/h10-11,16H,2-9H2,1H3,(H,14,18)(H,15,17). The van der Waals surface area contributed by atoms with Crippen molar-refractivity contribution in [1.82, 2.24) is 10.6 Å². The average molecular weight is 256 g/mol. The molecule has 0 radical (unpaired) electrons. The van der Waals surface area contributed by atoms with Gasteiger partial charge in [0.1, 0.15) is 0 Å². The molecule has 0 aromatic carbocycles. The van der Waals surface area contributed by atoms with Crippen molar-refractivity contribution < 1.29 is 14.7 Å². The Morgan fingerprint density at radius 1 is 1.28 bits per heavy atom. The predicted molar refractivity (Wildman–Crippen MR) is 68.9 cm³/mol. The summed E-state index contributed by atoms with van der Waals surface area (Å²) < 4.78 is 0.